The highest BCUT2D eigenvalue weighted by molar-refractivity contribution is 6.33. The molecule has 5 atom stereocenters. The lowest BCUT2D eigenvalue weighted by Gasteiger charge is -2.42. The van der Waals surface area contributed by atoms with Crippen molar-refractivity contribution >= 4 is 23.2 Å². The van der Waals surface area contributed by atoms with Crippen molar-refractivity contribution in [1.82, 2.24) is 0 Å². The number of benzene rings is 1. The molecule has 3 nitrogen and oxygen atoms in total. The summed E-state index contributed by atoms with van der Waals surface area (Å²) in [6.07, 6.45) is 11.2. The van der Waals surface area contributed by atoms with Crippen molar-refractivity contribution in [3.05, 3.63) is 72.0 Å². The van der Waals surface area contributed by atoms with Crippen LogP contribution in [-0.2, 0) is 14.2 Å². The van der Waals surface area contributed by atoms with Crippen molar-refractivity contribution in [2.45, 2.75) is 35.3 Å². The summed E-state index contributed by atoms with van der Waals surface area (Å²) in [5.74, 6) is -0.0493. The normalized spacial score (nSPS) is 34.1. The molecule has 0 aromatic heterocycles. The molecule has 1 aliphatic heterocycles. The molecule has 0 amide bonds. The fourth-order valence-electron chi connectivity index (χ4n) is 3.33. The van der Waals surface area contributed by atoms with Crippen molar-refractivity contribution in [3.63, 3.8) is 0 Å². The first-order valence-electron chi connectivity index (χ1n) is 8.25. The second kappa shape index (κ2) is 7.96. The smallest absolute Gasteiger partial charge is 0.146 e. The van der Waals surface area contributed by atoms with Crippen LogP contribution in [0.25, 0.3) is 0 Å². The van der Waals surface area contributed by atoms with E-state index in [-0.39, 0.29) is 30.3 Å². The topological polar surface area (TPSA) is 27.7 Å². The highest BCUT2D eigenvalue weighted by atomic mass is 35.5. The number of rotatable bonds is 5. The Kier molecular flexibility index (Phi) is 5.90. The predicted octanol–water partition coefficient (Wildman–Crippen LogP) is 5.08. The fraction of sp³-hybridized carbons (Fsp3) is 0.400. The van der Waals surface area contributed by atoms with E-state index in [1.54, 1.807) is 13.4 Å². The zero-order chi connectivity index (χ0) is 17.9. The summed E-state index contributed by atoms with van der Waals surface area (Å²) < 4.78 is 16.8. The minimum absolute atomic E-state index is 0.0493. The van der Waals surface area contributed by atoms with Gasteiger partial charge in [-0.2, -0.15) is 0 Å². The molecule has 0 spiro atoms. The summed E-state index contributed by atoms with van der Waals surface area (Å²) in [5, 5.41) is -0.326. The monoisotopic (exact) mass is 380 g/mol. The number of halogens is 2. The third kappa shape index (κ3) is 3.80. The maximum absolute atomic E-state index is 6.79. The van der Waals surface area contributed by atoms with Crippen LogP contribution in [-0.4, -0.2) is 30.3 Å². The van der Waals surface area contributed by atoms with Gasteiger partial charge in [-0.3, -0.25) is 0 Å². The van der Waals surface area contributed by atoms with Gasteiger partial charge in [0.05, 0.1) is 22.6 Å². The van der Waals surface area contributed by atoms with Gasteiger partial charge in [-0.05, 0) is 24.6 Å². The van der Waals surface area contributed by atoms with Crippen LogP contribution in [0.2, 0.25) is 0 Å². The molecule has 0 saturated carbocycles. The van der Waals surface area contributed by atoms with E-state index < -0.39 is 4.87 Å². The Morgan fingerprint density at radius 1 is 1.12 bits per heavy atom. The van der Waals surface area contributed by atoms with Crippen LogP contribution in [0.15, 0.2) is 60.9 Å². The van der Waals surface area contributed by atoms with E-state index in [2.05, 4.69) is 18.2 Å². The molecular weight excluding hydrogens is 359 g/mol. The van der Waals surface area contributed by atoms with Crippen LogP contribution < -0.4 is 0 Å². The average Bonchev–Trinajstić information content (AvgIpc) is 2.64. The highest BCUT2D eigenvalue weighted by Crippen LogP contribution is 2.44. The van der Waals surface area contributed by atoms with Crippen molar-refractivity contribution in [2.75, 3.05) is 13.9 Å². The lowest BCUT2D eigenvalue weighted by Crippen LogP contribution is -2.49. The van der Waals surface area contributed by atoms with Gasteiger partial charge in [0.2, 0.25) is 0 Å². The second-order valence-electron chi connectivity index (χ2n) is 6.36. The summed E-state index contributed by atoms with van der Waals surface area (Å²) in [6, 6.07) is 8.19. The average molecular weight is 381 g/mol. The van der Waals surface area contributed by atoms with Gasteiger partial charge < -0.3 is 14.2 Å². The summed E-state index contributed by atoms with van der Waals surface area (Å²) in [7, 11) is 1.60. The van der Waals surface area contributed by atoms with Crippen molar-refractivity contribution < 1.29 is 14.2 Å². The Hall–Kier alpha value is -1.26. The SMILES string of the molecule is COCOC1C(c2ccccc2C2C=CC=CO2)C=C[C@H](Cl)[C@@]1(C)Cl. The van der Waals surface area contributed by atoms with Gasteiger partial charge in [0, 0.05) is 18.6 Å². The Morgan fingerprint density at radius 2 is 1.88 bits per heavy atom. The Morgan fingerprint density at radius 3 is 2.56 bits per heavy atom. The molecule has 5 heteroatoms. The molecule has 134 valence electrons. The van der Waals surface area contributed by atoms with Gasteiger partial charge in [-0.25, -0.2) is 0 Å². The molecule has 0 bridgehead atoms. The largest absolute Gasteiger partial charge is 0.489 e. The number of hydrogen-bond acceptors (Lipinski definition) is 3. The molecule has 3 unspecified atom stereocenters. The first-order chi connectivity index (χ1) is 12.1. The van der Waals surface area contributed by atoms with E-state index in [0.29, 0.717) is 0 Å². The fourth-order valence-corrected chi connectivity index (χ4v) is 3.81. The van der Waals surface area contributed by atoms with Gasteiger partial charge in [0.1, 0.15) is 12.9 Å². The van der Waals surface area contributed by atoms with Crippen LogP contribution >= 0.6 is 23.2 Å². The van der Waals surface area contributed by atoms with Crippen LogP contribution in [0.3, 0.4) is 0 Å². The molecule has 1 aliphatic carbocycles. The number of methoxy groups -OCH3 is 1. The van der Waals surface area contributed by atoms with Crippen LogP contribution in [0, 0.1) is 0 Å². The third-order valence-corrected chi connectivity index (χ3v) is 5.80. The van der Waals surface area contributed by atoms with E-state index in [1.165, 1.54) is 0 Å². The predicted molar refractivity (Wildman–Crippen MR) is 101 cm³/mol. The molecule has 25 heavy (non-hydrogen) atoms. The van der Waals surface area contributed by atoms with E-state index in [0.717, 1.165) is 11.1 Å². The lowest BCUT2D eigenvalue weighted by molar-refractivity contribution is -0.0893. The first kappa shape index (κ1) is 18.5. The molecular formula is C20H22Cl2O3. The van der Waals surface area contributed by atoms with Gasteiger partial charge in [0.15, 0.2) is 0 Å². The number of hydrogen-bond donors (Lipinski definition) is 0. The van der Waals surface area contributed by atoms with Gasteiger partial charge >= 0.3 is 0 Å². The number of alkyl halides is 2. The quantitative estimate of drug-likeness (QED) is 0.405. The minimum atomic E-state index is -0.754. The van der Waals surface area contributed by atoms with E-state index >= 15 is 0 Å². The minimum Gasteiger partial charge on any atom is -0.489 e. The van der Waals surface area contributed by atoms with Crippen LogP contribution in [0.4, 0.5) is 0 Å². The summed E-state index contributed by atoms with van der Waals surface area (Å²) in [5.41, 5.74) is 2.20. The zero-order valence-corrected chi connectivity index (χ0v) is 15.8. The standard InChI is InChI=1S/C20H22Cl2O3/c1-20(22)18(21)11-10-16(19(20)25-13-23-2)14-7-3-4-8-15(14)17-9-5-6-12-24-17/h3-12,16-19H,13H2,1-2H3/t16?,17?,18-,19?,20+/m0/s1. The van der Waals surface area contributed by atoms with E-state index in [4.69, 9.17) is 37.4 Å². The van der Waals surface area contributed by atoms with E-state index in [9.17, 15) is 0 Å². The summed E-state index contributed by atoms with van der Waals surface area (Å²) >= 11 is 13.2. The Bertz CT molecular complexity index is 681. The molecule has 0 N–H and O–H groups in total. The lowest BCUT2D eigenvalue weighted by atomic mass is 9.77. The number of allylic oxidation sites excluding steroid dienone is 3. The van der Waals surface area contributed by atoms with Crippen LogP contribution in [0.1, 0.15) is 30.1 Å². The molecule has 1 aromatic rings. The number of ether oxygens (including phenoxy) is 3. The molecule has 2 aliphatic rings. The molecule has 0 saturated heterocycles. The molecule has 0 radical (unpaired) electrons. The maximum atomic E-state index is 6.79. The van der Waals surface area contributed by atoms with Gasteiger partial charge in [-0.1, -0.05) is 42.5 Å². The van der Waals surface area contributed by atoms with Gasteiger partial charge in [-0.15, -0.1) is 23.2 Å². The van der Waals surface area contributed by atoms with Crippen LogP contribution in [0.5, 0.6) is 0 Å². The van der Waals surface area contributed by atoms with Crippen molar-refractivity contribution in [2.24, 2.45) is 0 Å². The summed E-state index contributed by atoms with van der Waals surface area (Å²) in [6.45, 7) is 2.07. The molecule has 3 rings (SSSR count). The molecule has 1 heterocycles. The van der Waals surface area contributed by atoms with Crippen molar-refractivity contribution in [3.8, 4) is 0 Å². The maximum Gasteiger partial charge on any atom is 0.146 e. The second-order valence-corrected chi connectivity index (χ2v) is 7.64. The van der Waals surface area contributed by atoms with E-state index in [1.807, 2.05) is 43.4 Å². The highest BCUT2D eigenvalue weighted by Gasteiger charge is 2.46. The first-order valence-corrected chi connectivity index (χ1v) is 9.06. The van der Waals surface area contributed by atoms with Crippen molar-refractivity contribution in [1.29, 1.82) is 0 Å². The van der Waals surface area contributed by atoms with Gasteiger partial charge in [0.25, 0.3) is 0 Å². The molecule has 1 aromatic carbocycles. The molecule has 0 fully saturated rings. The Labute approximate surface area is 158 Å². The Balaban J connectivity index is 2.00. The summed E-state index contributed by atoms with van der Waals surface area (Å²) in [4.78, 5) is -0.754. The third-order valence-electron chi connectivity index (χ3n) is 4.64. The zero-order valence-electron chi connectivity index (χ0n) is 14.3.